The molecule has 0 spiro atoms. The molecular formula is C7H10N2O3S. The minimum Gasteiger partial charge on any atom is -0.476 e. The Morgan fingerprint density at radius 1 is 1.85 bits per heavy atom. The summed E-state index contributed by atoms with van der Waals surface area (Å²) in [5.41, 5.74) is 0.417. The Bertz CT molecular complexity index is 262. The maximum atomic E-state index is 10.7. The van der Waals surface area contributed by atoms with Crippen molar-refractivity contribution in [2.75, 3.05) is 19.4 Å². The molecule has 0 unspecified atom stereocenters. The first-order valence-corrected chi connectivity index (χ1v) is 4.71. The SMILES string of the molecule is CON=C(C(=O)O)C1=CSCCN1. The third-order valence-electron chi connectivity index (χ3n) is 1.38. The van der Waals surface area contributed by atoms with Gasteiger partial charge in [0.2, 0.25) is 5.71 Å². The van der Waals surface area contributed by atoms with Crippen LogP contribution in [0.1, 0.15) is 0 Å². The molecule has 1 heterocycles. The Hall–Kier alpha value is -1.17. The van der Waals surface area contributed by atoms with E-state index in [1.165, 1.54) is 7.11 Å². The normalized spacial score (nSPS) is 17.3. The molecule has 0 fully saturated rings. The van der Waals surface area contributed by atoms with Gasteiger partial charge in [0, 0.05) is 12.3 Å². The zero-order chi connectivity index (χ0) is 9.68. The highest BCUT2D eigenvalue weighted by Crippen LogP contribution is 2.11. The fourth-order valence-electron chi connectivity index (χ4n) is 0.863. The van der Waals surface area contributed by atoms with Crippen LogP contribution in [0.3, 0.4) is 0 Å². The molecule has 5 nitrogen and oxygen atoms in total. The van der Waals surface area contributed by atoms with Crippen molar-refractivity contribution in [3.63, 3.8) is 0 Å². The lowest BCUT2D eigenvalue weighted by Gasteiger charge is -2.13. The average Bonchev–Trinajstić information content (AvgIpc) is 2.15. The molecule has 2 N–H and O–H groups in total. The van der Waals surface area contributed by atoms with E-state index in [0.29, 0.717) is 5.70 Å². The summed E-state index contributed by atoms with van der Waals surface area (Å²) in [6, 6.07) is 0. The number of nitrogens with zero attached hydrogens (tertiary/aromatic N) is 1. The molecule has 6 heteroatoms. The van der Waals surface area contributed by atoms with Gasteiger partial charge >= 0.3 is 5.97 Å². The lowest BCUT2D eigenvalue weighted by molar-refractivity contribution is -0.129. The number of hydrogen-bond donors (Lipinski definition) is 2. The Kier molecular flexibility index (Phi) is 3.63. The number of oxime groups is 1. The van der Waals surface area contributed by atoms with E-state index in [0.717, 1.165) is 12.3 Å². The van der Waals surface area contributed by atoms with E-state index in [-0.39, 0.29) is 5.71 Å². The quantitative estimate of drug-likeness (QED) is 0.507. The van der Waals surface area contributed by atoms with Crippen molar-refractivity contribution in [1.29, 1.82) is 0 Å². The third-order valence-corrected chi connectivity index (χ3v) is 2.22. The Labute approximate surface area is 79.8 Å². The van der Waals surface area contributed by atoms with Gasteiger partial charge in [0.05, 0.1) is 5.70 Å². The molecule has 1 rings (SSSR count). The standard InChI is InChI=1S/C7H10N2O3S/c1-12-9-6(7(10)11)5-4-13-3-2-8-5/h4,8H,2-3H2,1H3,(H,10,11). The second-order valence-corrected chi connectivity index (χ2v) is 3.23. The van der Waals surface area contributed by atoms with Gasteiger partial charge in [-0.2, -0.15) is 0 Å². The molecule has 0 bridgehead atoms. The van der Waals surface area contributed by atoms with Crippen LogP contribution in [0.25, 0.3) is 0 Å². The van der Waals surface area contributed by atoms with Crippen LogP contribution in [0.4, 0.5) is 0 Å². The van der Waals surface area contributed by atoms with Crippen LogP contribution in [0, 0.1) is 0 Å². The van der Waals surface area contributed by atoms with E-state index in [1.54, 1.807) is 17.2 Å². The van der Waals surface area contributed by atoms with Gasteiger partial charge in [0.15, 0.2) is 0 Å². The minimum absolute atomic E-state index is 0.0882. The van der Waals surface area contributed by atoms with Crippen LogP contribution in [-0.2, 0) is 9.63 Å². The first kappa shape index (κ1) is 9.91. The van der Waals surface area contributed by atoms with E-state index in [2.05, 4.69) is 15.3 Å². The molecular weight excluding hydrogens is 192 g/mol. The summed E-state index contributed by atoms with van der Waals surface area (Å²) in [7, 11) is 1.32. The molecule has 0 aliphatic carbocycles. The van der Waals surface area contributed by atoms with E-state index < -0.39 is 5.97 Å². The molecule has 72 valence electrons. The Balaban J connectivity index is 2.80. The maximum absolute atomic E-state index is 10.7. The van der Waals surface area contributed by atoms with Crippen molar-refractivity contribution in [2.24, 2.45) is 5.16 Å². The van der Waals surface area contributed by atoms with Gasteiger partial charge in [-0.25, -0.2) is 4.79 Å². The number of carboxylic acids is 1. The van der Waals surface area contributed by atoms with Gasteiger partial charge in [-0.05, 0) is 5.41 Å². The monoisotopic (exact) mass is 202 g/mol. The second kappa shape index (κ2) is 4.76. The Morgan fingerprint density at radius 3 is 3.08 bits per heavy atom. The number of rotatable bonds is 3. The van der Waals surface area contributed by atoms with Crippen molar-refractivity contribution in [2.45, 2.75) is 0 Å². The molecule has 0 aromatic heterocycles. The molecule has 0 saturated heterocycles. The maximum Gasteiger partial charge on any atom is 0.360 e. The number of hydrogen-bond acceptors (Lipinski definition) is 5. The molecule has 0 atom stereocenters. The van der Waals surface area contributed by atoms with E-state index in [9.17, 15) is 4.79 Å². The zero-order valence-corrected chi connectivity index (χ0v) is 7.93. The van der Waals surface area contributed by atoms with Crippen LogP contribution in [0.2, 0.25) is 0 Å². The molecule has 13 heavy (non-hydrogen) atoms. The van der Waals surface area contributed by atoms with Crippen molar-refractivity contribution in [3.8, 4) is 0 Å². The largest absolute Gasteiger partial charge is 0.476 e. The lowest BCUT2D eigenvalue weighted by atomic mass is 10.3. The van der Waals surface area contributed by atoms with Crippen molar-refractivity contribution >= 4 is 23.4 Å². The number of carboxylic acid groups (broad SMARTS) is 1. The van der Waals surface area contributed by atoms with Gasteiger partial charge in [0.25, 0.3) is 0 Å². The fourth-order valence-corrected chi connectivity index (χ4v) is 1.56. The zero-order valence-electron chi connectivity index (χ0n) is 7.11. The smallest absolute Gasteiger partial charge is 0.360 e. The third kappa shape index (κ3) is 2.66. The van der Waals surface area contributed by atoms with Crippen molar-refractivity contribution in [3.05, 3.63) is 11.1 Å². The molecule has 0 aromatic carbocycles. The highest BCUT2D eigenvalue weighted by Gasteiger charge is 2.17. The summed E-state index contributed by atoms with van der Waals surface area (Å²) in [4.78, 5) is 15.1. The number of aliphatic carboxylic acids is 1. The molecule has 0 radical (unpaired) electrons. The summed E-state index contributed by atoms with van der Waals surface area (Å²) in [5.74, 6) is -0.160. The highest BCUT2D eigenvalue weighted by atomic mass is 32.2. The van der Waals surface area contributed by atoms with Crippen LogP contribution in [0.5, 0.6) is 0 Å². The Morgan fingerprint density at radius 2 is 2.62 bits per heavy atom. The van der Waals surface area contributed by atoms with Gasteiger partial charge in [-0.15, -0.1) is 11.8 Å². The summed E-state index contributed by atoms with van der Waals surface area (Å²) in [6.07, 6.45) is 0. The first-order valence-electron chi connectivity index (χ1n) is 3.66. The number of carbonyl (C=O) groups is 1. The second-order valence-electron chi connectivity index (χ2n) is 2.26. The average molecular weight is 202 g/mol. The summed E-state index contributed by atoms with van der Waals surface area (Å²) in [5, 5.41) is 16.8. The molecule has 1 aliphatic rings. The number of nitrogens with one attached hydrogen (secondary N) is 1. The predicted octanol–water partition coefficient (Wildman–Crippen LogP) is 0.251. The molecule has 1 aliphatic heterocycles. The minimum atomic E-state index is -1.09. The van der Waals surface area contributed by atoms with E-state index in [4.69, 9.17) is 5.11 Å². The lowest BCUT2D eigenvalue weighted by Crippen LogP contribution is -2.30. The molecule has 0 amide bonds. The van der Waals surface area contributed by atoms with Gasteiger partial charge in [0.1, 0.15) is 7.11 Å². The topological polar surface area (TPSA) is 70.9 Å². The summed E-state index contributed by atoms with van der Waals surface area (Å²) < 4.78 is 0. The summed E-state index contributed by atoms with van der Waals surface area (Å²) in [6.45, 7) is 0.743. The van der Waals surface area contributed by atoms with E-state index in [1.807, 2.05) is 0 Å². The van der Waals surface area contributed by atoms with Crippen molar-refractivity contribution in [1.82, 2.24) is 5.32 Å². The highest BCUT2D eigenvalue weighted by molar-refractivity contribution is 8.02. The van der Waals surface area contributed by atoms with Crippen molar-refractivity contribution < 1.29 is 14.7 Å². The van der Waals surface area contributed by atoms with Crippen LogP contribution < -0.4 is 5.32 Å². The van der Waals surface area contributed by atoms with Gasteiger partial charge < -0.3 is 15.3 Å². The van der Waals surface area contributed by atoms with Crippen LogP contribution in [0.15, 0.2) is 16.3 Å². The van der Waals surface area contributed by atoms with Crippen LogP contribution in [-0.4, -0.2) is 36.2 Å². The molecule has 0 aromatic rings. The number of thioether (sulfide) groups is 1. The molecule has 0 saturated carbocycles. The van der Waals surface area contributed by atoms with Gasteiger partial charge in [-0.3, -0.25) is 0 Å². The fraction of sp³-hybridized carbons (Fsp3) is 0.429. The predicted molar refractivity (Wildman–Crippen MR) is 50.6 cm³/mol. The van der Waals surface area contributed by atoms with E-state index >= 15 is 0 Å². The summed E-state index contributed by atoms with van der Waals surface area (Å²) >= 11 is 1.55. The first-order chi connectivity index (χ1) is 6.25. The van der Waals surface area contributed by atoms with Crippen LogP contribution >= 0.6 is 11.8 Å². The van der Waals surface area contributed by atoms with Gasteiger partial charge in [-0.1, -0.05) is 5.16 Å².